The van der Waals surface area contributed by atoms with Gasteiger partial charge >= 0.3 is 0 Å². The molecule has 1 aliphatic rings. The van der Waals surface area contributed by atoms with Crippen molar-refractivity contribution in [2.45, 2.75) is 18.7 Å². The first-order valence-electron chi connectivity index (χ1n) is 2.60. The molecule has 1 nitrogen and oxygen atoms in total. The van der Waals surface area contributed by atoms with Gasteiger partial charge in [-0.05, 0) is 13.8 Å². The SMILES string of the molecule is CC1(C)NCCS1. The maximum Gasteiger partial charge on any atom is 0.0588 e. The average Bonchev–Trinajstić information content (AvgIpc) is 1.84. The van der Waals surface area contributed by atoms with Gasteiger partial charge in [0.05, 0.1) is 4.87 Å². The maximum atomic E-state index is 3.36. The van der Waals surface area contributed by atoms with E-state index in [0.29, 0.717) is 4.87 Å². The van der Waals surface area contributed by atoms with Crippen molar-refractivity contribution < 1.29 is 0 Å². The summed E-state index contributed by atoms with van der Waals surface area (Å²) in [5.41, 5.74) is 0. The molecule has 1 N–H and O–H groups in total. The summed E-state index contributed by atoms with van der Waals surface area (Å²) in [6.45, 7) is 5.60. The molecule has 1 saturated heterocycles. The number of rotatable bonds is 0. The number of hydrogen-bond acceptors (Lipinski definition) is 2. The molecule has 0 amide bonds. The van der Waals surface area contributed by atoms with Crippen molar-refractivity contribution in [2.75, 3.05) is 12.3 Å². The van der Waals surface area contributed by atoms with Gasteiger partial charge in [-0.3, -0.25) is 0 Å². The highest BCUT2D eigenvalue weighted by atomic mass is 32.2. The predicted octanol–water partition coefficient (Wildman–Crippen LogP) is 1.06. The molecule has 1 heterocycles. The summed E-state index contributed by atoms with van der Waals surface area (Å²) in [5, 5.41) is 3.36. The molecule has 0 bridgehead atoms. The highest BCUT2D eigenvalue weighted by Crippen LogP contribution is 2.24. The smallest absolute Gasteiger partial charge is 0.0588 e. The highest BCUT2D eigenvalue weighted by Gasteiger charge is 2.21. The first-order valence-corrected chi connectivity index (χ1v) is 3.58. The number of hydrogen-bond donors (Lipinski definition) is 1. The molecule has 1 fully saturated rings. The van der Waals surface area contributed by atoms with Gasteiger partial charge in [-0.25, -0.2) is 0 Å². The Kier molecular flexibility index (Phi) is 1.30. The van der Waals surface area contributed by atoms with Crippen LogP contribution in [0.2, 0.25) is 0 Å². The Morgan fingerprint density at radius 1 is 1.57 bits per heavy atom. The molecule has 0 aromatic heterocycles. The Morgan fingerprint density at radius 2 is 2.29 bits per heavy atom. The monoisotopic (exact) mass is 117 g/mol. The van der Waals surface area contributed by atoms with Gasteiger partial charge in [0.2, 0.25) is 0 Å². The topological polar surface area (TPSA) is 12.0 Å². The fourth-order valence-corrected chi connectivity index (χ4v) is 1.63. The van der Waals surface area contributed by atoms with Crippen molar-refractivity contribution in [1.29, 1.82) is 0 Å². The molecular weight excluding hydrogens is 106 g/mol. The summed E-state index contributed by atoms with van der Waals surface area (Å²) >= 11 is 1.99. The largest absolute Gasteiger partial charge is 0.302 e. The van der Waals surface area contributed by atoms with Gasteiger partial charge in [-0.1, -0.05) is 0 Å². The van der Waals surface area contributed by atoms with Crippen LogP contribution in [0.4, 0.5) is 0 Å². The Labute approximate surface area is 48.9 Å². The molecule has 1 aliphatic heterocycles. The van der Waals surface area contributed by atoms with Gasteiger partial charge in [0.1, 0.15) is 0 Å². The van der Waals surface area contributed by atoms with Crippen molar-refractivity contribution in [2.24, 2.45) is 0 Å². The third-order valence-electron chi connectivity index (χ3n) is 1.12. The first-order chi connectivity index (χ1) is 3.21. The van der Waals surface area contributed by atoms with E-state index in [1.807, 2.05) is 11.8 Å². The third-order valence-corrected chi connectivity index (χ3v) is 2.39. The van der Waals surface area contributed by atoms with E-state index in [9.17, 15) is 0 Å². The van der Waals surface area contributed by atoms with Crippen LogP contribution in [0, 0.1) is 0 Å². The molecular formula is C5H11NS. The molecule has 0 atom stereocenters. The van der Waals surface area contributed by atoms with E-state index in [0.717, 1.165) is 0 Å². The minimum Gasteiger partial charge on any atom is -0.302 e. The van der Waals surface area contributed by atoms with Crippen LogP contribution in [0.3, 0.4) is 0 Å². The minimum atomic E-state index is 0.361. The molecule has 0 saturated carbocycles. The lowest BCUT2D eigenvalue weighted by molar-refractivity contribution is 0.594. The highest BCUT2D eigenvalue weighted by molar-refractivity contribution is 8.00. The molecule has 0 aromatic carbocycles. The Bertz CT molecular complexity index is 62.5. The Balaban J connectivity index is 2.40. The van der Waals surface area contributed by atoms with Gasteiger partial charge in [0, 0.05) is 12.3 Å². The second kappa shape index (κ2) is 1.67. The van der Waals surface area contributed by atoms with Crippen LogP contribution in [0.25, 0.3) is 0 Å². The fraction of sp³-hybridized carbons (Fsp3) is 1.00. The van der Waals surface area contributed by atoms with Crippen molar-refractivity contribution in [3.63, 3.8) is 0 Å². The molecule has 0 aromatic rings. The maximum absolute atomic E-state index is 3.36. The van der Waals surface area contributed by atoms with E-state index >= 15 is 0 Å². The lowest BCUT2D eigenvalue weighted by Crippen LogP contribution is -2.29. The normalized spacial score (nSPS) is 28.3. The molecule has 42 valence electrons. The molecule has 0 radical (unpaired) electrons. The molecule has 0 aliphatic carbocycles. The van der Waals surface area contributed by atoms with Crippen LogP contribution in [0.5, 0.6) is 0 Å². The lowest BCUT2D eigenvalue weighted by atomic mass is 10.4. The zero-order chi connectivity index (χ0) is 5.33. The van der Waals surface area contributed by atoms with Crippen LogP contribution in [0.15, 0.2) is 0 Å². The molecule has 2 heteroatoms. The van der Waals surface area contributed by atoms with Gasteiger partial charge in [0.25, 0.3) is 0 Å². The zero-order valence-corrected chi connectivity index (χ0v) is 5.64. The third kappa shape index (κ3) is 1.35. The first kappa shape index (κ1) is 5.45. The summed E-state index contributed by atoms with van der Waals surface area (Å²) in [6.07, 6.45) is 0. The quantitative estimate of drug-likeness (QED) is 0.509. The average molecular weight is 117 g/mol. The molecule has 0 spiro atoms. The zero-order valence-electron chi connectivity index (χ0n) is 4.82. The standard InChI is InChI=1S/C5H11NS/c1-5(2)6-3-4-7-5/h6H,3-4H2,1-2H3. The van der Waals surface area contributed by atoms with Crippen molar-refractivity contribution in [3.8, 4) is 0 Å². The van der Waals surface area contributed by atoms with E-state index in [4.69, 9.17) is 0 Å². The summed E-state index contributed by atoms with van der Waals surface area (Å²) in [6, 6.07) is 0. The summed E-state index contributed by atoms with van der Waals surface area (Å²) in [7, 11) is 0. The fourth-order valence-electron chi connectivity index (χ4n) is 0.709. The second-order valence-electron chi connectivity index (χ2n) is 2.29. The van der Waals surface area contributed by atoms with E-state index in [1.54, 1.807) is 0 Å². The van der Waals surface area contributed by atoms with Crippen LogP contribution in [-0.4, -0.2) is 17.2 Å². The van der Waals surface area contributed by atoms with Gasteiger partial charge in [-0.2, -0.15) is 0 Å². The van der Waals surface area contributed by atoms with Gasteiger partial charge in [0.15, 0.2) is 0 Å². The van der Waals surface area contributed by atoms with Crippen LogP contribution in [0.1, 0.15) is 13.8 Å². The molecule has 1 rings (SSSR count). The van der Waals surface area contributed by atoms with Crippen LogP contribution in [-0.2, 0) is 0 Å². The number of thioether (sulfide) groups is 1. The predicted molar refractivity (Wildman–Crippen MR) is 34.5 cm³/mol. The second-order valence-corrected chi connectivity index (χ2v) is 4.00. The van der Waals surface area contributed by atoms with E-state index in [-0.39, 0.29) is 0 Å². The summed E-state index contributed by atoms with van der Waals surface area (Å²) in [5.74, 6) is 1.27. The minimum absolute atomic E-state index is 0.361. The van der Waals surface area contributed by atoms with Crippen molar-refractivity contribution in [3.05, 3.63) is 0 Å². The van der Waals surface area contributed by atoms with Gasteiger partial charge < -0.3 is 5.32 Å². The van der Waals surface area contributed by atoms with Gasteiger partial charge in [-0.15, -0.1) is 11.8 Å². The van der Waals surface area contributed by atoms with Crippen molar-refractivity contribution in [1.82, 2.24) is 5.32 Å². The van der Waals surface area contributed by atoms with Crippen LogP contribution >= 0.6 is 11.8 Å². The summed E-state index contributed by atoms with van der Waals surface area (Å²) in [4.78, 5) is 0.361. The van der Waals surface area contributed by atoms with E-state index < -0.39 is 0 Å². The lowest BCUT2D eigenvalue weighted by Gasteiger charge is -2.14. The molecule has 0 unspecified atom stereocenters. The summed E-state index contributed by atoms with van der Waals surface area (Å²) < 4.78 is 0. The van der Waals surface area contributed by atoms with Crippen LogP contribution < -0.4 is 5.32 Å². The molecule has 7 heavy (non-hydrogen) atoms. The van der Waals surface area contributed by atoms with E-state index in [1.165, 1.54) is 12.3 Å². The number of nitrogens with one attached hydrogen (secondary N) is 1. The Hall–Kier alpha value is 0.310. The Morgan fingerprint density at radius 3 is 2.43 bits per heavy atom. The van der Waals surface area contributed by atoms with E-state index in [2.05, 4.69) is 19.2 Å². The van der Waals surface area contributed by atoms with Crippen molar-refractivity contribution >= 4 is 11.8 Å².